The molecule has 0 aliphatic heterocycles. The van der Waals surface area contributed by atoms with Gasteiger partial charge in [-0.25, -0.2) is 0 Å². The third kappa shape index (κ3) is 4.46. The molecule has 5 nitrogen and oxygen atoms in total. The van der Waals surface area contributed by atoms with Crippen LogP contribution >= 0.6 is 15.9 Å². The van der Waals surface area contributed by atoms with Crippen LogP contribution in [0.15, 0.2) is 22.7 Å². The zero-order valence-corrected chi connectivity index (χ0v) is 14.0. The van der Waals surface area contributed by atoms with Gasteiger partial charge in [0, 0.05) is 4.47 Å². The van der Waals surface area contributed by atoms with Gasteiger partial charge in [-0.3, -0.25) is 9.59 Å². The average Bonchev–Trinajstić information content (AvgIpc) is 2.46. The molecule has 0 heterocycles. The molecule has 1 aromatic carbocycles. The van der Waals surface area contributed by atoms with Crippen LogP contribution in [0.1, 0.15) is 43.5 Å². The summed E-state index contributed by atoms with van der Waals surface area (Å²) in [5, 5.41) is 11.9. The SMILES string of the molecule is CCC(CC)(CC(=O)O)NC(=O)c1cc(OC)ccc1Br. The maximum atomic E-state index is 12.5. The van der Waals surface area contributed by atoms with Gasteiger partial charge in [0.15, 0.2) is 0 Å². The molecule has 2 N–H and O–H groups in total. The number of ether oxygens (including phenoxy) is 1. The van der Waals surface area contributed by atoms with Gasteiger partial charge in [0.2, 0.25) is 0 Å². The molecule has 0 aliphatic rings. The molecule has 0 saturated carbocycles. The number of amides is 1. The summed E-state index contributed by atoms with van der Waals surface area (Å²) in [4.78, 5) is 23.5. The van der Waals surface area contributed by atoms with Gasteiger partial charge < -0.3 is 15.2 Å². The summed E-state index contributed by atoms with van der Waals surface area (Å²) in [6, 6.07) is 5.09. The molecule has 1 amide bonds. The number of rotatable bonds is 7. The summed E-state index contributed by atoms with van der Waals surface area (Å²) >= 11 is 3.33. The van der Waals surface area contributed by atoms with Crippen LogP contribution < -0.4 is 10.1 Å². The van der Waals surface area contributed by atoms with E-state index in [4.69, 9.17) is 9.84 Å². The normalized spacial score (nSPS) is 11.0. The minimum atomic E-state index is -0.927. The predicted octanol–water partition coefficient (Wildman–Crippen LogP) is 3.22. The Bertz CT molecular complexity index is 526. The third-order valence-corrected chi connectivity index (χ3v) is 4.33. The van der Waals surface area contributed by atoms with Crippen LogP contribution in [0.5, 0.6) is 5.75 Å². The van der Waals surface area contributed by atoms with Gasteiger partial charge in [0.25, 0.3) is 5.91 Å². The number of hydrogen-bond donors (Lipinski definition) is 2. The molecule has 116 valence electrons. The fraction of sp³-hybridized carbons (Fsp3) is 0.467. The number of carboxylic acids is 1. The number of halogens is 1. The lowest BCUT2D eigenvalue weighted by molar-refractivity contribution is -0.138. The van der Waals surface area contributed by atoms with E-state index in [1.54, 1.807) is 18.2 Å². The smallest absolute Gasteiger partial charge is 0.305 e. The Morgan fingerprint density at radius 1 is 1.33 bits per heavy atom. The zero-order valence-electron chi connectivity index (χ0n) is 12.4. The van der Waals surface area contributed by atoms with Crippen LogP contribution in [0, 0.1) is 0 Å². The van der Waals surface area contributed by atoms with E-state index in [0.717, 1.165) is 0 Å². The molecular weight excluding hydrogens is 338 g/mol. The van der Waals surface area contributed by atoms with E-state index in [9.17, 15) is 9.59 Å². The number of carbonyl (C=O) groups excluding carboxylic acids is 1. The van der Waals surface area contributed by atoms with Crippen LogP contribution in [0.4, 0.5) is 0 Å². The first kappa shape index (κ1) is 17.5. The maximum absolute atomic E-state index is 12.5. The Hall–Kier alpha value is -1.56. The molecule has 0 aliphatic carbocycles. The number of nitrogens with one attached hydrogen (secondary N) is 1. The van der Waals surface area contributed by atoms with Gasteiger partial charge in [-0.15, -0.1) is 0 Å². The van der Waals surface area contributed by atoms with E-state index in [-0.39, 0.29) is 12.3 Å². The number of carbonyl (C=O) groups is 2. The van der Waals surface area contributed by atoms with Crippen molar-refractivity contribution in [2.75, 3.05) is 7.11 Å². The van der Waals surface area contributed by atoms with E-state index in [1.165, 1.54) is 7.11 Å². The Balaban J connectivity index is 3.04. The lowest BCUT2D eigenvalue weighted by Gasteiger charge is -2.31. The average molecular weight is 358 g/mol. The highest BCUT2D eigenvalue weighted by molar-refractivity contribution is 9.10. The van der Waals surface area contributed by atoms with Gasteiger partial charge in [-0.2, -0.15) is 0 Å². The highest BCUT2D eigenvalue weighted by Gasteiger charge is 2.31. The summed E-state index contributed by atoms with van der Waals surface area (Å²) in [6.45, 7) is 3.74. The second-order valence-electron chi connectivity index (χ2n) is 4.86. The quantitative estimate of drug-likeness (QED) is 0.785. The molecule has 0 saturated heterocycles. The molecule has 0 bridgehead atoms. The highest BCUT2D eigenvalue weighted by Crippen LogP contribution is 2.25. The molecule has 0 atom stereocenters. The molecule has 6 heteroatoms. The fourth-order valence-electron chi connectivity index (χ4n) is 2.12. The first-order valence-electron chi connectivity index (χ1n) is 6.75. The molecule has 0 radical (unpaired) electrons. The highest BCUT2D eigenvalue weighted by atomic mass is 79.9. The molecule has 0 aromatic heterocycles. The minimum absolute atomic E-state index is 0.104. The first-order chi connectivity index (χ1) is 9.87. The van der Waals surface area contributed by atoms with E-state index >= 15 is 0 Å². The lowest BCUT2D eigenvalue weighted by Crippen LogP contribution is -2.49. The molecule has 21 heavy (non-hydrogen) atoms. The Morgan fingerprint density at radius 2 is 1.95 bits per heavy atom. The monoisotopic (exact) mass is 357 g/mol. The standard InChI is InChI=1S/C15H20BrNO4/c1-4-15(5-2,9-13(18)19)17-14(20)11-8-10(21-3)6-7-12(11)16/h6-8H,4-5,9H2,1-3H3,(H,17,20)(H,18,19). The lowest BCUT2D eigenvalue weighted by atomic mass is 9.88. The van der Waals surface area contributed by atoms with Crippen molar-refractivity contribution in [3.63, 3.8) is 0 Å². The zero-order chi connectivity index (χ0) is 16.0. The summed E-state index contributed by atoms with van der Waals surface area (Å²) in [6.07, 6.45) is 0.986. The number of aliphatic carboxylic acids is 1. The molecule has 0 spiro atoms. The van der Waals surface area contributed by atoms with Crippen molar-refractivity contribution in [1.29, 1.82) is 0 Å². The van der Waals surface area contributed by atoms with Gasteiger partial charge in [-0.1, -0.05) is 13.8 Å². The van der Waals surface area contributed by atoms with Crippen molar-refractivity contribution in [2.45, 2.75) is 38.6 Å². The van der Waals surface area contributed by atoms with Gasteiger partial charge in [-0.05, 0) is 47.0 Å². The number of carboxylic acid groups (broad SMARTS) is 1. The van der Waals surface area contributed by atoms with Crippen LogP contribution in [0.25, 0.3) is 0 Å². The van der Waals surface area contributed by atoms with Crippen molar-refractivity contribution in [3.8, 4) is 5.75 Å². The second-order valence-corrected chi connectivity index (χ2v) is 5.71. The van der Waals surface area contributed by atoms with Gasteiger partial charge >= 0.3 is 5.97 Å². The van der Waals surface area contributed by atoms with Crippen LogP contribution in [0.2, 0.25) is 0 Å². The van der Waals surface area contributed by atoms with E-state index in [0.29, 0.717) is 28.6 Å². The van der Waals surface area contributed by atoms with Gasteiger partial charge in [0.1, 0.15) is 5.75 Å². The van der Waals surface area contributed by atoms with Crippen LogP contribution in [-0.2, 0) is 4.79 Å². The Kier molecular flexibility index (Phi) is 6.20. The molecule has 0 unspecified atom stereocenters. The largest absolute Gasteiger partial charge is 0.497 e. The van der Waals surface area contributed by atoms with Crippen molar-refractivity contribution in [3.05, 3.63) is 28.2 Å². The first-order valence-corrected chi connectivity index (χ1v) is 7.54. The summed E-state index contributed by atoms with van der Waals surface area (Å²) in [5.41, 5.74) is -0.322. The predicted molar refractivity (Wildman–Crippen MR) is 83.7 cm³/mol. The molecule has 1 aromatic rings. The number of benzene rings is 1. The Labute approximate surface area is 132 Å². The molecular formula is C15H20BrNO4. The minimum Gasteiger partial charge on any atom is -0.497 e. The van der Waals surface area contributed by atoms with Crippen molar-refractivity contribution >= 4 is 27.8 Å². The van der Waals surface area contributed by atoms with Crippen molar-refractivity contribution in [1.82, 2.24) is 5.32 Å². The summed E-state index contributed by atoms with van der Waals surface area (Å²) < 4.78 is 5.75. The molecule has 1 rings (SSSR count). The van der Waals surface area contributed by atoms with Crippen molar-refractivity contribution in [2.24, 2.45) is 0 Å². The Morgan fingerprint density at radius 3 is 2.43 bits per heavy atom. The van der Waals surface area contributed by atoms with E-state index < -0.39 is 11.5 Å². The maximum Gasteiger partial charge on any atom is 0.305 e. The topological polar surface area (TPSA) is 75.6 Å². The van der Waals surface area contributed by atoms with Crippen LogP contribution in [0.3, 0.4) is 0 Å². The van der Waals surface area contributed by atoms with Gasteiger partial charge in [0.05, 0.1) is 24.6 Å². The second kappa shape index (κ2) is 7.45. The number of methoxy groups -OCH3 is 1. The van der Waals surface area contributed by atoms with E-state index in [2.05, 4.69) is 21.2 Å². The third-order valence-electron chi connectivity index (χ3n) is 3.64. The van der Waals surface area contributed by atoms with Crippen molar-refractivity contribution < 1.29 is 19.4 Å². The summed E-state index contributed by atoms with van der Waals surface area (Å²) in [7, 11) is 1.53. The molecule has 0 fully saturated rings. The van der Waals surface area contributed by atoms with Crippen LogP contribution in [-0.4, -0.2) is 29.6 Å². The fourth-order valence-corrected chi connectivity index (χ4v) is 2.55. The van der Waals surface area contributed by atoms with E-state index in [1.807, 2.05) is 13.8 Å². The number of hydrogen-bond acceptors (Lipinski definition) is 3. The summed E-state index contributed by atoms with van der Waals surface area (Å²) in [5.74, 6) is -0.672.